The molecule has 3 nitrogen and oxygen atoms in total. The normalized spacial score (nSPS) is 11.2. The molecule has 1 N–H and O–H groups in total. The van der Waals surface area contributed by atoms with Crippen molar-refractivity contribution < 1.29 is 4.79 Å². The number of benzene rings is 1. The van der Waals surface area contributed by atoms with E-state index in [0.29, 0.717) is 10.4 Å². The fraction of sp³-hybridized carbons (Fsp3) is 0.286. The third-order valence-corrected chi connectivity index (χ3v) is 3.49. The maximum Gasteiger partial charge on any atom is 0.254 e. The smallest absolute Gasteiger partial charge is 0.254 e. The van der Waals surface area contributed by atoms with E-state index in [1.807, 2.05) is 45.0 Å². The lowest BCUT2D eigenvalue weighted by Gasteiger charge is -2.20. The highest BCUT2D eigenvalue weighted by Crippen LogP contribution is 2.30. The molecule has 0 saturated heterocycles. The molecule has 0 fully saturated rings. The number of nitrogens with one attached hydrogen (secondary N) is 1. The first-order valence-corrected chi connectivity index (χ1v) is 6.48. The number of fused-ring (bicyclic) bond motifs is 1. The first-order valence-electron chi connectivity index (χ1n) is 5.66. The molecule has 0 atom stereocenters. The monoisotopic (exact) mass is 258 g/mol. The Labute approximate surface area is 110 Å². The Kier molecular flexibility index (Phi) is 3.10. The number of hydrogen-bond acceptors (Lipinski definition) is 3. The van der Waals surface area contributed by atoms with Crippen LogP contribution in [0.4, 0.5) is 0 Å². The summed E-state index contributed by atoms with van der Waals surface area (Å²) in [6.45, 7) is 5.77. The second-order valence-electron chi connectivity index (χ2n) is 5.12. The summed E-state index contributed by atoms with van der Waals surface area (Å²) in [7, 11) is 0. The van der Waals surface area contributed by atoms with Gasteiger partial charge in [-0.05, 0) is 26.8 Å². The zero-order chi connectivity index (χ0) is 13.3. The van der Waals surface area contributed by atoms with Crippen molar-refractivity contribution in [2.75, 3.05) is 0 Å². The number of rotatable bonds is 1. The molecule has 0 spiro atoms. The van der Waals surface area contributed by atoms with Crippen molar-refractivity contribution in [3.8, 4) is 6.07 Å². The van der Waals surface area contributed by atoms with Gasteiger partial charge < -0.3 is 5.32 Å². The van der Waals surface area contributed by atoms with Crippen LogP contribution >= 0.6 is 11.3 Å². The van der Waals surface area contributed by atoms with Gasteiger partial charge in [0.1, 0.15) is 10.9 Å². The minimum atomic E-state index is -0.313. The van der Waals surface area contributed by atoms with Crippen LogP contribution in [0.2, 0.25) is 0 Å². The Morgan fingerprint density at radius 3 is 2.61 bits per heavy atom. The predicted octanol–water partition coefficient (Wildman–Crippen LogP) is 3.30. The number of carbonyl (C=O) groups is 1. The highest BCUT2D eigenvalue weighted by Gasteiger charge is 2.22. The van der Waals surface area contributed by atoms with E-state index in [-0.39, 0.29) is 11.4 Å². The summed E-state index contributed by atoms with van der Waals surface area (Å²) in [6, 6.07) is 9.70. The maximum absolute atomic E-state index is 12.3. The maximum atomic E-state index is 12.3. The molecule has 0 radical (unpaired) electrons. The summed E-state index contributed by atoms with van der Waals surface area (Å²) >= 11 is 1.36. The van der Waals surface area contributed by atoms with Gasteiger partial charge in [0, 0.05) is 15.6 Å². The van der Waals surface area contributed by atoms with Crippen LogP contribution in [-0.4, -0.2) is 11.4 Å². The van der Waals surface area contributed by atoms with Gasteiger partial charge in [0.05, 0.1) is 5.56 Å². The van der Waals surface area contributed by atoms with Crippen LogP contribution in [0.25, 0.3) is 10.1 Å². The molecular weight excluding hydrogens is 244 g/mol. The average molecular weight is 258 g/mol. The van der Waals surface area contributed by atoms with E-state index >= 15 is 0 Å². The molecule has 1 aromatic heterocycles. The molecule has 2 aromatic rings. The molecule has 1 heterocycles. The molecule has 2 rings (SSSR count). The largest absolute Gasteiger partial charge is 0.347 e. The minimum absolute atomic E-state index is 0.184. The average Bonchev–Trinajstić information content (AvgIpc) is 2.64. The van der Waals surface area contributed by atoms with E-state index in [2.05, 4.69) is 11.4 Å². The lowest BCUT2D eigenvalue weighted by Crippen LogP contribution is -2.40. The summed E-state index contributed by atoms with van der Waals surface area (Å²) < 4.78 is 0.966. The van der Waals surface area contributed by atoms with Crippen molar-refractivity contribution in [3.63, 3.8) is 0 Å². The van der Waals surface area contributed by atoms with Gasteiger partial charge in [-0.1, -0.05) is 18.2 Å². The number of carbonyl (C=O) groups excluding carboxylic acids is 1. The Hall–Kier alpha value is -1.86. The van der Waals surface area contributed by atoms with Crippen molar-refractivity contribution in [2.45, 2.75) is 26.3 Å². The second-order valence-corrected chi connectivity index (χ2v) is 6.17. The lowest BCUT2D eigenvalue weighted by molar-refractivity contribution is 0.0921. The third kappa shape index (κ3) is 2.36. The Morgan fingerprint density at radius 2 is 2.00 bits per heavy atom. The summed E-state index contributed by atoms with van der Waals surface area (Å²) in [5, 5.41) is 12.9. The molecule has 0 unspecified atom stereocenters. The first kappa shape index (κ1) is 12.6. The Bertz CT molecular complexity index is 644. The van der Waals surface area contributed by atoms with Crippen LogP contribution < -0.4 is 5.32 Å². The van der Waals surface area contributed by atoms with Crippen molar-refractivity contribution in [1.82, 2.24) is 5.32 Å². The number of thiophene rings is 1. The van der Waals surface area contributed by atoms with Gasteiger partial charge in [-0.25, -0.2) is 0 Å². The molecule has 0 aliphatic carbocycles. The summed E-state index contributed by atoms with van der Waals surface area (Å²) in [4.78, 5) is 12.7. The van der Waals surface area contributed by atoms with Gasteiger partial charge >= 0.3 is 0 Å². The number of amides is 1. The Balaban J connectivity index is 2.56. The molecule has 0 saturated carbocycles. The standard InChI is InChI=1S/C14H14N2OS/c1-14(2,3)16-13(17)12-9-6-4-5-7-10(9)18-11(12)8-15/h4-7H,1-3H3,(H,16,17). The van der Waals surface area contributed by atoms with Crippen LogP contribution in [0, 0.1) is 11.3 Å². The summed E-state index contributed by atoms with van der Waals surface area (Å²) in [5.74, 6) is -0.184. The van der Waals surface area contributed by atoms with E-state index in [9.17, 15) is 4.79 Å². The molecular formula is C14H14N2OS. The Morgan fingerprint density at radius 1 is 1.33 bits per heavy atom. The molecule has 0 aliphatic heterocycles. The topological polar surface area (TPSA) is 52.9 Å². The van der Waals surface area contributed by atoms with Crippen molar-refractivity contribution in [2.24, 2.45) is 0 Å². The van der Waals surface area contributed by atoms with Gasteiger partial charge in [0.15, 0.2) is 0 Å². The van der Waals surface area contributed by atoms with Crippen LogP contribution in [0.15, 0.2) is 24.3 Å². The zero-order valence-corrected chi connectivity index (χ0v) is 11.4. The van der Waals surface area contributed by atoms with E-state index in [1.54, 1.807) is 0 Å². The van der Waals surface area contributed by atoms with Crippen molar-refractivity contribution >= 4 is 27.3 Å². The van der Waals surface area contributed by atoms with Gasteiger partial charge in [0.25, 0.3) is 5.91 Å². The lowest BCUT2D eigenvalue weighted by atomic mass is 10.1. The van der Waals surface area contributed by atoms with Gasteiger partial charge in [-0.3, -0.25) is 4.79 Å². The molecule has 4 heteroatoms. The van der Waals surface area contributed by atoms with Crippen molar-refractivity contribution in [1.29, 1.82) is 5.26 Å². The van der Waals surface area contributed by atoms with Crippen LogP contribution in [0.5, 0.6) is 0 Å². The molecule has 1 amide bonds. The van der Waals surface area contributed by atoms with Crippen LogP contribution in [-0.2, 0) is 0 Å². The van der Waals surface area contributed by atoms with Gasteiger partial charge in [0.2, 0.25) is 0 Å². The van der Waals surface area contributed by atoms with Crippen LogP contribution in [0.3, 0.4) is 0 Å². The second kappa shape index (κ2) is 4.43. The molecule has 18 heavy (non-hydrogen) atoms. The minimum Gasteiger partial charge on any atom is -0.347 e. The zero-order valence-electron chi connectivity index (χ0n) is 10.6. The van der Waals surface area contributed by atoms with Gasteiger partial charge in [-0.2, -0.15) is 5.26 Å². The van der Waals surface area contributed by atoms with E-state index in [0.717, 1.165) is 10.1 Å². The van der Waals surface area contributed by atoms with E-state index < -0.39 is 0 Å². The number of hydrogen-bond donors (Lipinski definition) is 1. The fourth-order valence-electron chi connectivity index (χ4n) is 1.75. The van der Waals surface area contributed by atoms with E-state index in [4.69, 9.17) is 5.26 Å². The first-order chi connectivity index (χ1) is 8.42. The highest BCUT2D eigenvalue weighted by atomic mass is 32.1. The quantitative estimate of drug-likeness (QED) is 0.853. The highest BCUT2D eigenvalue weighted by molar-refractivity contribution is 7.20. The van der Waals surface area contributed by atoms with Gasteiger partial charge in [-0.15, -0.1) is 11.3 Å². The molecule has 0 bridgehead atoms. The third-order valence-electron chi connectivity index (χ3n) is 2.41. The number of nitriles is 1. The van der Waals surface area contributed by atoms with Crippen LogP contribution in [0.1, 0.15) is 36.0 Å². The molecule has 92 valence electrons. The molecule has 0 aliphatic rings. The summed E-state index contributed by atoms with van der Waals surface area (Å²) in [5.41, 5.74) is 0.181. The SMILES string of the molecule is CC(C)(C)NC(=O)c1c(C#N)sc2ccccc12. The molecule has 1 aromatic carbocycles. The predicted molar refractivity (Wildman–Crippen MR) is 73.8 cm³/mol. The number of nitrogens with zero attached hydrogens (tertiary/aromatic N) is 1. The summed E-state index contributed by atoms with van der Waals surface area (Å²) in [6.07, 6.45) is 0. The van der Waals surface area contributed by atoms with E-state index in [1.165, 1.54) is 11.3 Å². The van der Waals surface area contributed by atoms with Crippen molar-refractivity contribution in [3.05, 3.63) is 34.7 Å². The fourth-order valence-corrected chi connectivity index (χ4v) is 2.75.